The zero-order chi connectivity index (χ0) is 20.7. The number of carbonyl (C=O) groups is 1. The molecule has 150 valence electrons. The number of aromatic amines is 1. The molecule has 0 saturated heterocycles. The van der Waals surface area contributed by atoms with Crippen LogP contribution >= 0.6 is 0 Å². The second-order valence-electron chi connectivity index (χ2n) is 7.72. The Bertz CT molecular complexity index is 1240. The van der Waals surface area contributed by atoms with E-state index < -0.39 is 0 Å². The summed E-state index contributed by atoms with van der Waals surface area (Å²) in [7, 11) is 0. The van der Waals surface area contributed by atoms with Crippen molar-refractivity contribution in [3.8, 4) is 28.4 Å². The lowest BCUT2D eigenvalue weighted by Crippen LogP contribution is -2.41. The quantitative estimate of drug-likeness (QED) is 0.508. The van der Waals surface area contributed by atoms with Crippen molar-refractivity contribution < 1.29 is 9.53 Å². The van der Waals surface area contributed by atoms with Crippen molar-refractivity contribution in [2.24, 2.45) is 11.7 Å². The third-order valence-corrected chi connectivity index (χ3v) is 5.44. The normalized spacial score (nSPS) is 18.2. The predicted octanol–water partition coefficient (Wildman–Crippen LogP) is 3.64. The molecule has 7 nitrogen and oxygen atoms in total. The summed E-state index contributed by atoms with van der Waals surface area (Å²) >= 11 is 0. The minimum atomic E-state index is -0.242. The molecular formula is C23H21N5O2. The molecule has 7 heteroatoms. The highest BCUT2D eigenvalue weighted by Gasteiger charge is 2.33. The Hall–Kier alpha value is -3.58. The number of aromatic nitrogens is 4. The molecule has 0 radical (unpaired) electrons. The molecule has 0 bridgehead atoms. The number of benzene rings is 1. The molecule has 1 aliphatic rings. The number of hydrogen-bond donors (Lipinski definition) is 2. The summed E-state index contributed by atoms with van der Waals surface area (Å²) in [6.45, 7) is 1.96. The summed E-state index contributed by atoms with van der Waals surface area (Å²) in [5.74, 6) is 0.0808. The van der Waals surface area contributed by atoms with Crippen molar-refractivity contribution in [1.29, 1.82) is 0 Å². The second-order valence-corrected chi connectivity index (χ2v) is 7.72. The molecule has 3 heterocycles. The molecule has 0 atom stereocenters. The van der Waals surface area contributed by atoms with Gasteiger partial charge in [-0.2, -0.15) is 0 Å². The topological polar surface area (TPSA) is 107 Å². The number of nitrogens with one attached hydrogen (secondary N) is 1. The van der Waals surface area contributed by atoms with Crippen LogP contribution in [0.3, 0.4) is 0 Å². The number of pyridine rings is 2. The number of nitrogens with two attached hydrogens (primary N) is 1. The second kappa shape index (κ2) is 7.35. The number of fused-ring (bicyclic) bond motifs is 1. The Morgan fingerprint density at radius 1 is 1.17 bits per heavy atom. The van der Waals surface area contributed by atoms with Crippen molar-refractivity contribution in [1.82, 2.24) is 19.9 Å². The molecular weight excluding hydrogens is 378 g/mol. The van der Waals surface area contributed by atoms with Crippen LogP contribution in [-0.2, 0) is 4.79 Å². The molecule has 0 spiro atoms. The first-order chi connectivity index (χ1) is 14.6. The predicted molar refractivity (Wildman–Crippen MR) is 114 cm³/mol. The van der Waals surface area contributed by atoms with Crippen molar-refractivity contribution in [3.63, 3.8) is 0 Å². The van der Waals surface area contributed by atoms with Crippen molar-refractivity contribution in [2.45, 2.75) is 25.8 Å². The molecule has 3 aromatic heterocycles. The van der Waals surface area contributed by atoms with E-state index in [-0.39, 0.29) is 17.9 Å². The van der Waals surface area contributed by atoms with Gasteiger partial charge in [-0.25, -0.2) is 4.98 Å². The molecule has 1 saturated carbocycles. The van der Waals surface area contributed by atoms with Crippen LogP contribution in [0, 0.1) is 12.8 Å². The summed E-state index contributed by atoms with van der Waals surface area (Å²) in [6, 6.07) is 13.7. The molecule has 0 amide bonds. The van der Waals surface area contributed by atoms with Gasteiger partial charge in [-0.1, -0.05) is 12.1 Å². The minimum Gasteiger partial charge on any atom is -0.425 e. The van der Waals surface area contributed by atoms with Gasteiger partial charge in [-0.05, 0) is 50.1 Å². The Morgan fingerprint density at radius 2 is 2.03 bits per heavy atom. The number of hydrogen-bond acceptors (Lipinski definition) is 6. The van der Waals surface area contributed by atoms with Crippen LogP contribution in [-0.4, -0.2) is 31.9 Å². The fraction of sp³-hybridized carbons (Fsp3) is 0.217. The van der Waals surface area contributed by atoms with E-state index in [4.69, 9.17) is 10.5 Å². The van der Waals surface area contributed by atoms with Gasteiger partial charge in [-0.15, -0.1) is 0 Å². The van der Waals surface area contributed by atoms with Crippen LogP contribution in [0.25, 0.3) is 33.5 Å². The molecule has 1 aliphatic carbocycles. The smallest absolute Gasteiger partial charge is 0.314 e. The van der Waals surface area contributed by atoms with E-state index in [1.165, 1.54) is 0 Å². The maximum atomic E-state index is 12.2. The first-order valence-electron chi connectivity index (χ1n) is 9.91. The van der Waals surface area contributed by atoms with E-state index in [0.717, 1.165) is 39.2 Å². The van der Waals surface area contributed by atoms with Crippen LogP contribution < -0.4 is 10.5 Å². The highest BCUT2D eigenvalue weighted by atomic mass is 16.5. The van der Waals surface area contributed by atoms with Gasteiger partial charge in [0.1, 0.15) is 5.75 Å². The van der Waals surface area contributed by atoms with Gasteiger partial charge in [0.05, 0.1) is 41.0 Å². The number of esters is 1. The summed E-state index contributed by atoms with van der Waals surface area (Å²) in [4.78, 5) is 29.0. The highest BCUT2D eigenvalue weighted by Crippen LogP contribution is 2.32. The third-order valence-electron chi connectivity index (χ3n) is 5.44. The van der Waals surface area contributed by atoms with E-state index in [1.54, 1.807) is 12.5 Å². The average Bonchev–Trinajstić information content (AvgIpc) is 3.21. The lowest BCUT2D eigenvalue weighted by atomic mass is 9.81. The van der Waals surface area contributed by atoms with Gasteiger partial charge < -0.3 is 15.5 Å². The van der Waals surface area contributed by atoms with Crippen molar-refractivity contribution in [3.05, 3.63) is 60.7 Å². The van der Waals surface area contributed by atoms with Crippen molar-refractivity contribution >= 4 is 16.9 Å². The first-order valence-corrected chi connectivity index (χ1v) is 9.91. The van der Waals surface area contributed by atoms with E-state index in [0.29, 0.717) is 18.6 Å². The zero-order valence-corrected chi connectivity index (χ0v) is 16.5. The molecule has 3 N–H and O–H groups in total. The Balaban J connectivity index is 1.47. The third kappa shape index (κ3) is 3.44. The van der Waals surface area contributed by atoms with Gasteiger partial charge in [-0.3, -0.25) is 14.8 Å². The van der Waals surface area contributed by atoms with Crippen molar-refractivity contribution in [2.75, 3.05) is 0 Å². The largest absolute Gasteiger partial charge is 0.425 e. The lowest BCUT2D eigenvalue weighted by molar-refractivity contribution is -0.142. The molecule has 1 aromatic carbocycles. The number of aryl methyl sites for hydroxylation is 1. The van der Waals surface area contributed by atoms with Gasteiger partial charge in [0.15, 0.2) is 0 Å². The standard InChI is InChI=1S/C23H21N5O2/c1-13-3-2-4-20(28-13)22-21(26-12-27-22)14-5-6-19-15(7-14)10-18(11-25-19)30-23(29)16-8-17(24)9-16/h2-7,10-12,16-17H,8-9,24H2,1H3,(H,26,27)/t16-,17+. The zero-order valence-electron chi connectivity index (χ0n) is 16.5. The Labute approximate surface area is 173 Å². The fourth-order valence-electron chi connectivity index (χ4n) is 3.76. The summed E-state index contributed by atoms with van der Waals surface area (Å²) in [5, 5.41) is 0.870. The van der Waals surface area contributed by atoms with E-state index in [9.17, 15) is 4.79 Å². The van der Waals surface area contributed by atoms with E-state index in [1.807, 2.05) is 49.4 Å². The number of ether oxygens (including phenoxy) is 1. The fourth-order valence-corrected chi connectivity index (χ4v) is 3.76. The maximum absolute atomic E-state index is 12.2. The number of rotatable bonds is 4. The van der Waals surface area contributed by atoms with Gasteiger partial charge in [0.2, 0.25) is 0 Å². The molecule has 5 rings (SSSR count). The van der Waals surface area contributed by atoms with Crippen LogP contribution in [0.4, 0.5) is 0 Å². The number of H-pyrrole nitrogens is 1. The van der Waals surface area contributed by atoms with Crippen LogP contribution in [0.15, 0.2) is 55.0 Å². The average molecular weight is 399 g/mol. The summed E-state index contributed by atoms with van der Waals surface area (Å²) in [5.41, 5.74) is 10.9. The summed E-state index contributed by atoms with van der Waals surface area (Å²) < 4.78 is 5.52. The highest BCUT2D eigenvalue weighted by molar-refractivity contribution is 5.88. The molecule has 30 heavy (non-hydrogen) atoms. The summed E-state index contributed by atoms with van der Waals surface area (Å²) in [6.07, 6.45) is 4.60. The number of carbonyl (C=O) groups excluding carboxylic acids is 1. The first kappa shape index (κ1) is 18.4. The Kier molecular flexibility index (Phi) is 4.52. The van der Waals surface area contributed by atoms with E-state index in [2.05, 4.69) is 19.9 Å². The SMILES string of the molecule is Cc1cccc(-c2[nH]cnc2-c2ccc3ncc(OC(=O)[C@H]4C[C@@H](N)C4)cc3c2)n1. The molecule has 1 fully saturated rings. The van der Waals surface area contributed by atoms with Crippen LogP contribution in [0.5, 0.6) is 5.75 Å². The Morgan fingerprint density at radius 3 is 2.83 bits per heavy atom. The lowest BCUT2D eigenvalue weighted by Gasteiger charge is -2.30. The van der Waals surface area contributed by atoms with Crippen LogP contribution in [0.2, 0.25) is 0 Å². The van der Waals surface area contributed by atoms with Gasteiger partial charge in [0.25, 0.3) is 0 Å². The number of imidazole rings is 1. The minimum absolute atomic E-state index is 0.103. The van der Waals surface area contributed by atoms with Gasteiger partial charge >= 0.3 is 5.97 Å². The molecule has 0 unspecified atom stereocenters. The van der Waals surface area contributed by atoms with Crippen LogP contribution in [0.1, 0.15) is 18.5 Å². The number of nitrogens with zero attached hydrogens (tertiary/aromatic N) is 3. The van der Waals surface area contributed by atoms with E-state index >= 15 is 0 Å². The molecule has 4 aromatic rings. The van der Waals surface area contributed by atoms with Gasteiger partial charge in [0, 0.05) is 22.7 Å². The maximum Gasteiger partial charge on any atom is 0.314 e. The monoisotopic (exact) mass is 399 g/mol. The molecule has 0 aliphatic heterocycles.